The quantitative estimate of drug-likeness (QED) is 0.548. The Morgan fingerprint density at radius 3 is 2.35 bits per heavy atom. The molecule has 0 aromatic carbocycles. The van der Waals surface area contributed by atoms with Crippen LogP contribution in [0, 0.1) is 0 Å². The van der Waals surface area contributed by atoms with Gasteiger partial charge in [-0.25, -0.2) is 0 Å². The molecule has 0 amide bonds. The van der Waals surface area contributed by atoms with Gasteiger partial charge in [-0.1, -0.05) is 45.4 Å². The molecule has 0 bridgehead atoms. The smallest absolute Gasteiger partial charge is 0.0992 e. The Kier molecular flexibility index (Phi) is 7.30. The van der Waals surface area contributed by atoms with E-state index in [2.05, 4.69) is 30.7 Å². The molecule has 2 nitrogen and oxygen atoms in total. The highest BCUT2D eigenvalue weighted by molar-refractivity contribution is 5.83. The SMILES string of the molecule is CCCCCCCCCC1=NCCN1C(C)C. The number of unbranched alkanes of at least 4 members (excludes halogenated alkanes) is 6. The lowest BCUT2D eigenvalue weighted by Crippen LogP contribution is -2.34. The molecule has 0 radical (unpaired) electrons. The van der Waals surface area contributed by atoms with Crippen LogP contribution in [-0.2, 0) is 0 Å². The molecule has 0 unspecified atom stereocenters. The van der Waals surface area contributed by atoms with E-state index in [9.17, 15) is 0 Å². The third kappa shape index (κ3) is 5.56. The molecule has 0 aromatic rings. The summed E-state index contributed by atoms with van der Waals surface area (Å²) in [5.41, 5.74) is 0. The van der Waals surface area contributed by atoms with Gasteiger partial charge in [0, 0.05) is 19.0 Å². The van der Waals surface area contributed by atoms with Gasteiger partial charge >= 0.3 is 0 Å². The Morgan fingerprint density at radius 1 is 1.06 bits per heavy atom. The number of rotatable bonds is 9. The van der Waals surface area contributed by atoms with Gasteiger partial charge in [0.2, 0.25) is 0 Å². The summed E-state index contributed by atoms with van der Waals surface area (Å²) < 4.78 is 0. The fourth-order valence-corrected chi connectivity index (χ4v) is 2.53. The van der Waals surface area contributed by atoms with E-state index in [1.165, 1.54) is 57.2 Å². The Bertz CT molecular complexity index is 221. The Hall–Kier alpha value is -0.530. The van der Waals surface area contributed by atoms with Crippen LogP contribution >= 0.6 is 0 Å². The van der Waals surface area contributed by atoms with Crippen LogP contribution in [0.5, 0.6) is 0 Å². The summed E-state index contributed by atoms with van der Waals surface area (Å²) in [6, 6.07) is 0.626. The molecule has 0 aliphatic carbocycles. The maximum atomic E-state index is 4.63. The predicted octanol–water partition coefficient (Wildman–Crippen LogP) is 4.25. The first-order valence-electron chi connectivity index (χ1n) is 7.55. The van der Waals surface area contributed by atoms with Crippen molar-refractivity contribution in [3.8, 4) is 0 Å². The molecule has 0 fully saturated rings. The van der Waals surface area contributed by atoms with E-state index in [0.29, 0.717) is 6.04 Å². The average Bonchev–Trinajstić information content (AvgIpc) is 2.76. The van der Waals surface area contributed by atoms with Gasteiger partial charge in [-0.15, -0.1) is 0 Å². The normalized spacial score (nSPS) is 15.8. The van der Waals surface area contributed by atoms with E-state index < -0.39 is 0 Å². The van der Waals surface area contributed by atoms with Crippen LogP contribution in [0.15, 0.2) is 4.99 Å². The summed E-state index contributed by atoms with van der Waals surface area (Å²) in [5.74, 6) is 1.37. The standard InChI is InChI=1S/C15H30N2/c1-4-5-6-7-8-9-10-11-15-16-12-13-17(15)14(2)3/h14H,4-13H2,1-3H3. The van der Waals surface area contributed by atoms with E-state index in [4.69, 9.17) is 0 Å². The fourth-order valence-electron chi connectivity index (χ4n) is 2.53. The highest BCUT2D eigenvalue weighted by atomic mass is 15.2. The van der Waals surface area contributed by atoms with Crippen molar-refractivity contribution in [1.29, 1.82) is 0 Å². The molecule has 0 atom stereocenters. The first-order chi connectivity index (χ1) is 8.25. The summed E-state index contributed by atoms with van der Waals surface area (Å²) in [4.78, 5) is 7.10. The fraction of sp³-hybridized carbons (Fsp3) is 0.933. The highest BCUT2D eigenvalue weighted by Crippen LogP contribution is 2.14. The molecular weight excluding hydrogens is 208 g/mol. The van der Waals surface area contributed by atoms with Crippen molar-refractivity contribution in [2.24, 2.45) is 4.99 Å². The molecule has 100 valence electrons. The molecule has 1 rings (SSSR count). The van der Waals surface area contributed by atoms with Crippen LogP contribution in [-0.4, -0.2) is 29.9 Å². The van der Waals surface area contributed by atoms with Gasteiger partial charge in [-0.05, 0) is 20.3 Å². The number of amidine groups is 1. The van der Waals surface area contributed by atoms with E-state index >= 15 is 0 Å². The van der Waals surface area contributed by atoms with Gasteiger partial charge in [-0.2, -0.15) is 0 Å². The number of hydrogen-bond acceptors (Lipinski definition) is 2. The summed E-state index contributed by atoms with van der Waals surface area (Å²) in [6.07, 6.45) is 10.9. The van der Waals surface area contributed by atoms with Gasteiger partial charge in [-0.3, -0.25) is 4.99 Å². The zero-order valence-corrected chi connectivity index (χ0v) is 12.0. The minimum Gasteiger partial charge on any atom is -0.356 e. The number of hydrogen-bond donors (Lipinski definition) is 0. The summed E-state index contributed by atoms with van der Waals surface area (Å²) in [6.45, 7) is 8.98. The second-order valence-corrected chi connectivity index (χ2v) is 5.46. The minimum absolute atomic E-state index is 0.626. The topological polar surface area (TPSA) is 15.6 Å². The summed E-state index contributed by atoms with van der Waals surface area (Å²) in [7, 11) is 0. The van der Waals surface area contributed by atoms with E-state index in [-0.39, 0.29) is 0 Å². The second kappa shape index (κ2) is 8.54. The van der Waals surface area contributed by atoms with Crippen molar-refractivity contribution >= 4 is 5.84 Å². The van der Waals surface area contributed by atoms with Crippen LogP contribution < -0.4 is 0 Å². The zero-order chi connectivity index (χ0) is 12.5. The van der Waals surface area contributed by atoms with Crippen molar-refractivity contribution < 1.29 is 0 Å². The maximum absolute atomic E-state index is 4.63. The lowest BCUT2D eigenvalue weighted by molar-refractivity contribution is 0.372. The summed E-state index contributed by atoms with van der Waals surface area (Å²) >= 11 is 0. The maximum Gasteiger partial charge on any atom is 0.0992 e. The Morgan fingerprint density at radius 2 is 1.71 bits per heavy atom. The minimum atomic E-state index is 0.626. The van der Waals surface area contributed by atoms with Crippen LogP contribution in [0.4, 0.5) is 0 Å². The number of nitrogens with zero attached hydrogens (tertiary/aromatic N) is 2. The van der Waals surface area contributed by atoms with Gasteiger partial charge in [0.1, 0.15) is 0 Å². The van der Waals surface area contributed by atoms with Crippen molar-refractivity contribution in [3.05, 3.63) is 0 Å². The first-order valence-corrected chi connectivity index (χ1v) is 7.55. The van der Waals surface area contributed by atoms with E-state index in [0.717, 1.165) is 13.1 Å². The molecular formula is C15H30N2. The van der Waals surface area contributed by atoms with Crippen LogP contribution in [0.1, 0.15) is 72.1 Å². The third-order valence-corrected chi connectivity index (χ3v) is 3.59. The van der Waals surface area contributed by atoms with Crippen molar-refractivity contribution in [1.82, 2.24) is 4.90 Å². The highest BCUT2D eigenvalue weighted by Gasteiger charge is 2.18. The molecule has 1 heterocycles. The predicted molar refractivity (Wildman–Crippen MR) is 76.8 cm³/mol. The van der Waals surface area contributed by atoms with Crippen LogP contribution in [0.3, 0.4) is 0 Å². The molecule has 0 N–H and O–H groups in total. The van der Waals surface area contributed by atoms with Crippen molar-refractivity contribution in [3.63, 3.8) is 0 Å². The molecule has 1 aliphatic heterocycles. The van der Waals surface area contributed by atoms with E-state index in [1.54, 1.807) is 0 Å². The zero-order valence-electron chi connectivity index (χ0n) is 12.0. The molecule has 0 saturated carbocycles. The monoisotopic (exact) mass is 238 g/mol. The molecule has 17 heavy (non-hydrogen) atoms. The first kappa shape index (κ1) is 14.5. The third-order valence-electron chi connectivity index (χ3n) is 3.59. The van der Waals surface area contributed by atoms with Crippen LogP contribution in [0.25, 0.3) is 0 Å². The molecule has 1 aliphatic rings. The van der Waals surface area contributed by atoms with Gasteiger partial charge < -0.3 is 4.90 Å². The number of aliphatic imine (C=N–C) groups is 1. The lowest BCUT2D eigenvalue weighted by atomic mass is 10.1. The molecule has 0 aromatic heterocycles. The molecule has 2 heteroatoms. The molecule has 0 saturated heterocycles. The van der Waals surface area contributed by atoms with Crippen molar-refractivity contribution in [2.75, 3.05) is 13.1 Å². The van der Waals surface area contributed by atoms with Gasteiger partial charge in [0.25, 0.3) is 0 Å². The summed E-state index contributed by atoms with van der Waals surface area (Å²) in [5, 5.41) is 0. The van der Waals surface area contributed by atoms with Crippen molar-refractivity contribution in [2.45, 2.75) is 78.2 Å². The Balaban J connectivity index is 2.02. The Labute approximate surface area is 107 Å². The second-order valence-electron chi connectivity index (χ2n) is 5.46. The average molecular weight is 238 g/mol. The van der Waals surface area contributed by atoms with Gasteiger partial charge in [0.15, 0.2) is 0 Å². The van der Waals surface area contributed by atoms with Gasteiger partial charge in [0.05, 0.1) is 12.4 Å². The largest absolute Gasteiger partial charge is 0.356 e. The lowest BCUT2D eigenvalue weighted by Gasteiger charge is -2.24. The van der Waals surface area contributed by atoms with Crippen LogP contribution in [0.2, 0.25) is 0 Å². The molecule has 0 spiro atoms. The van der Waals surface area contributed by atoms with E-state index in [1.807, 2.05) is 0 Å².